The number of carbonyl (C=O) groups excluding carboxylic acids is 2. The first-order chi connectivity index (χ1) is 22.4. The van der Waals surface area contributed by atoms with Gasteiger partial charge in [-0.15, -0.1) is 10.2 Å². The van der Waals surface area contributed by atoms with E-state index in [9.17, 15) is 14.0 Å². The SMILES string of the molecule is O=C1c2oc3ccc(Cl)cc3c(=O)c2C2(C(=O)N(Cc3ccccc3)c3ccccc32)N1c1nnc(SCc2ccccc2F)s1. The van der Waals surface area contributed by atoms with Crippen molar-refractivity contribution in [2.24, 2.45) is 0 Å². The van der Waals surface area contributed by atoms with E-state index in [2.05, 4.69) is 10.2 Å². The van der Waals surface area contributed by atoms with Crippen LogP contribution in [-0.4, -0.2) is 22.0 Å². The number of halogens is 2. The Balaban J connectivity index is 1.33. The monoisotopic (exact) mass is 666 g/mol. The zero-order chi connectivity index (χ0) is 31.6. The Morgan fingerprint density at radius 1 is 0.913 bits per heavy atom. The summed E-state index contributed by atoms with van der Waals surface area (Å²) in [5.74, 6) is -1.52. The number of amides is 2. The molecule has 2 aromatic heterocycles. The van der Waals surface area contributed by atoms with Crippen LogP contribution in [0.2, 0.25) is 5.02 Å². The van der Waals surface area contributed by atoms with E-state index in [0.717, 1.165) is 16.9 Å². The average Bonchev–Trinajstić information content (AvgIpc) is 3.71. The Labute approximate surface area is 274 Å². The minimum Gasteiger partial charge on any atom is -0.450 e. The molecule has 8 nitrogen and oxygen atoms in total. The van der Waals surface area contributed by atoms with Crippen molar-refractivity contribution in [3.8, 4) is 0 Å². The van der Waals surface area contributed by atoms with E-state index >= 15 is 4.79 Å². The van der Waals surface area contributed by atoms with Gasteiger partial charge in [0.05, 0.1) is 23.2 Å². The second-order valence-electron chi connectivity index (χ2n) is 10.8. The van der Waals surface area contributed by atoms with Crippen LogP contribution < -0.4 is 15.2 Å². The van der Waals surface area contributed by atoms with E-state index < -0.39 is 22.8 Å². The van der Waals surface area contributed by atoms with Gasteiger partial charge in [-0.2, -0.15) is 0 Å². The van der Waals surface area contributed by atoms with Gasteiger partial charge in [0.15, 0.2) is 15.3 Å². The Morgan fingerprint density at radius 2 is 1.67 bits per heavy atom. The molecule has 0 N–H and O–H groups in total. The van der Waals surface area contributed by atoms with Gasteiger partial charge in [-0.05, 0) is 41.5 Å². The van der Waals surface area contributed by atoms with Gasteiger partial charge in [0.2, 0.25) is 10.9 Å². The summed E-state index contributed by atoms with van der Waals surface area (Å²) in [6.07, 6.45) is 0. The summed E-state index contributed by atoms with van der Waals surface area (Å²) in [4.78, 5) is 46.7. The summed E-state index contributed by atoms with van der Waals surface area (Å²) in [5.41, 5.74) is -0.0765. The van der Waals surface area contributed by atoms with Crippen LogP contribution in [0.4, 0.5) is 15.2 Å². The van der Waals surface area contributed by atoms with Crippen LogP contribution in [0.1, 0.15) is 32.8 Å². The highest BCUT2D eigenvalue weighted by atomic mass is 35.5. The molecule has 4 heterocycles. The van der Waals surface area contributed by atoms with E-state index in [1.165, 1.54) is 34.9 Å². The van der Waals surface area contributed by atoms with E-state index in [1.54, 1.807) is 53.4 Å². The summed E-state index contributed by atoms with van der Waals surface area (Å²) >= 11 is 8.60. The molecule has 0 aliphatic carbocycles. The standard InChI is InChI=1S/C34H20ClFN4O4S2/c35-21-14-15-26-22(16-21)28(41)27-29(44-26)30(42)40(32-37-38-33(46-32)45-18-20-10-4-6-12-24(20)36)34(27)23-11-5-7-13-25(23)39(31(34)43)17-19-8-2-1-3-9-19/h1-16H,17-18H2. The molecule has 4 aromatic carbocycles. The van der Waals surface area contributed by atoms with E-state index in [1.807, 2.05) is 30.3 Å². The van der Waals surface area contributed by atoms with Crippen molar-refractivity contribution in [2.75, 3.05) is 9.80 Å². The van der Waals surface area contributed by atoms with Crippen molar-refractivity contribution in [1.82, 2.24) is 10.2 Å². The van der Waals surface area contributed by atoms with Crippen molar-refractivity contribution in [3.63, 3.8) is 0 Å². The van der Waals surface area contributed by atoms with E-state index in [-0.39, 0.29) is 45.5 Å². The average molecular weight is 667 g/mol. The quantitative estimate of drug-likeness (QED) is 0.137. The normalized spacial score (nSPS) is 16.9. The third-order valence-electron chi connectivity index (χ3n) is 8.17. The van der Waals surface area contributed by atoms with Crippen LogP contribution in [0.15, 0.2) is 111 Å². The maximum atomic E-state index is 15.0. The zero-order valence-electron chi connectivity index (χ0n) is 23.6. The fourth-order valence-electron chi connectivity index (χ4n) is 6.16. The molecule has 0 bridgehead atoms. The molecule has 8 rings (SSSR count). The van der Waals surface area contributed by atoms with Crippen molar-refractivity contribution >= 4 is 68.3 Å². The molecule has 2 aliphatic heterocycles. The van der Waals surface area contributed by atoms with Gasteiger partial charge in [0.25, 0.3) is 11.8 Å². The number of aromatic nitrogens is 2. The largest absolute Gasteiger partial charge is 0.450 e. The lowest BCUT2D eigenvalue weighted by atomic mass is 9.84. The number of nitrogens with zero attached hydrogens (tertiary/aromatic N) is 4. The molecule has 1 unspecified atom stereocenters. The molecule has 0 saturated heterocycles. The molecule has 46 heavy (non-hydrogen) atoms. The third-order valence-corrected chi connectivity index (χ3v) is 10.5. The predicted octanol–water partition coefficient (Wildman–Crippen LogP) is 7.18. The first kappa shape index (κ1) is 28.6. The summed E-state index contributed by atoms with van der Waals surface area (Å²) in [6.45, 7) is 0.195. The number of hydrogen-bond donors (Lipinski definition) is 0. The van der Waals surface area contributed by atoms with Gasteiger partial charge < -0.3 is 9.32 Å². The van der Waals surface area contributed by atoms with Gasteiger partial charge in [-0.1, -0.05) is 101 Å². The van der Waals surface area contributed by atoms with Crippen molar-refractivity contribution in [2.45, 2.75) is 22.2 Å². The molecule has 0 saturated carbocycles. The lowest BCUT2D eigenvalue weighted by molar-refractivity contribution is -0.121. The topological polar surface area (TPSA) is 96.6 Å². The van der Waals surface area contributed by atoms with Crippen LogP contribution in [-0.2, 0) is 22.6 Å². The first-order valence-corrected chi connectivity index (χ1v) is 16.3. The number of fused-ring (bicyclic) bond motifs is 5. The molecular formula is C34H20ClFN4O4S2. The van der Waals surface area contributed by atoms with Crippen LogP contribution in [0.5, 0.6) is 0 Å². The van der Waals surface area contributed by atoms with Crippen LogP contribution in [0.25, 0.3) is 11.0 Å². The van der Waals surface area contributed by atoms with E-state index in [4.69, 9.17) is 16.0 Å². The number of thioether (sulfide) groups is 1. The fraction of sp³-hybridized carbons (Fsp3) is 0.0882. The molecular weight excluding hydrogens is 647 g/mol. The van der Waals surface area contributed by atoms with Crippen molar-refractivity contribution in [3.05, 3.63) is 146 Å². The van der Waals surface area contributed by atoms with Gasteiger partial charge in [-0.3, -0.25) is 19.3 Å². The number of anilines is 2. The van der Waals surface area contributed by atoms with E-state index in [0.29, 0.717) is 26.2 Å². The number of benzene rings is 4. The second kappa shape index (κ2) is 10.9. The highest BCUT2D eigenvalue weighted by Gasteiger charge is 2.66. The smallest absolute Gasteiger partial charge is 0.297 e. The molecule has 2 amide bonds. The van der Waals surface area contributed by atoms with Gasteiger partial charge in [0.1, 0.15) is 11.4 Å². The minimum absolute atomic E-state index is 0.0960. The van der Waals surface area contributed by atoms with Crippen LogP contribution in [0, 0.1) is 5.82 Å². The maximum absolute atomic E-state index is 15.0. The molecule has 12 heteroatoms. The molecule has 0 radical (unpaired) electrons. The molecule has 226 valence electrons. The summed E-state index contributed by atoms with van der Waals surface area (Å²) in [6, 6.07) is 27.5. The number of carbonyl (C=O) groups is 2. The Morgan fingerprint density at radius 3 is 2.50 bits per heavy atom. The predicted molar refractivity (Wildman–Crippen MR) is 175 cm³/mol. The molecule has 0 fully saturated rings. The number of rotatable bonds is 6. The number of hydrogen-bond acceptors (Lipinski definition) is 8. The number of para-hydroxylation sites is 1. The Kier molecular flexibility index (Phi) is 6.78. The Bertz CT molecular complexity index is 2280. The molecule has 1 atom stereocenters. The zero-order valence-corrected chi connectivity index (χ0v) is 26.0. The van der Waals surface area contributed by atoms with Crippen LogP contribution in [0.3, 0.4) is 0 Å². The molecule has 1 spiro atoms. The first-order valence-electron chi connectivity index (χ1n) is 14.1. The lowest BCUT2D eigenvalue weighted by Crippen LogP contribution is -2.53. The maximum Gasteiger partial charge on any atom is 0.297 e. The van der Waals surface area contributed by atoms with Gasteiger partial charge in [0, 0.05) is 16.3 Å². The van der Waals surface area contributed by atoms with Gasteiger partial charge >= 0.3 is 0 Å². The van der Waals surface area contributed by atoms with Crippen molar-refractivity contribution in [1.29, 1.82) is 0 Å². The lowest BCUT2D eigenvalue weighted by Gasteiger charge is -2.32. The highest BCUT2D eigenvalue weighted by molar-refractivity contribution is 8.00. The van der Waals surface area contributed by atoms with Crippen LogP contribution >= 0.6 is 34.7 Å². The third kappa shape index (κ3) is 4.23. The second-order valence-corrected chi connectivity index (χ2v) is 13.4. The Hall–Kier alpha value is -4.84. The van der Waals surface area contributed by atoms with Crippen molar-refractivity contribution < 1.29 is 18.4 Å². The highest BCUT2D eigenvalue weighted by Crippen LogP contribution is 2.55. The molecule has 2 aliphatic rings. The summed E-state index contributed by atoms with van der Waals surface area (Å²) in [7, 11) is 0. The fourth-order valence-corrected chi connectivity index (χ4v) is 8.21. The summed E-state index contributed by atoms with van der Waals surface area (Å²) in [5, 5.41) is 9.16. The minimum atomic E-state index is -1.93. The molecule has 6 aromatic rings. The van der Waals surface area contributed by atoms with Gasteiger partial charge in [-0.25, -0.2) is 4.39 Å². The summed E-state index contributed by atoms with van der Waals surface area (Å²) < 4.78 is 20.9.